The number of morpholine rings is 1. The number of benzene rings is 1. The van der Waals surface area contributed by atoms with E-state index in [-0.39, 0.29) is 5.91 Å². The standard InChI is InChI=1S/C21H26N4O2S/c1-2-25-18-7-4-3-6-16(18)14-19(25)21-23-17(15-28-21)20(26)22-8-5-9-24-10-12-27-13-11-24/h3-4,6-7,14-15H,2,5,8-13H2,1H3,(H,22,26). The van der Waals surface area contributed by atoms with Gasteiger partial charge in [-0.2, -0.15) is 0 Å². The molecule has 148 valence electrons. The lowest BCUT2D eigenvalue weighted by Crippen LogP contribution is -2.38. The van der Waals surface area contributed by atoms with E-state index < -0.39 is 0 Å². The first-order valence-electron chi connectivity index (χ1n) is 9.88. The molecule has 0 atom stereocenters. The molecule has 0 spiro atoms. The molecule has 1 fully saturated rings. The number of nitrogens with zero attached hydrogens (tertiary/aromatic N) is 3. The third-order valence-corrected chi connectivity index (χ3v) is 5.99. The van der Waals surface area contributed by atoms with Gasteiger partial charge in [-0.3, -0.25) is 9.69 Å². The van der Waals surface area contributed by atoms with Crippen LogP contribution in [-0.2, 0) is 11.3 Å². The van der Waals surface area contributed by atoms with E-state index >= 15 is 0 Å². The maximum atomic E-state index is 12.5. The fraction of sp³-hybridized carbons (Fsp3) is 0.429. The van der Waals surface area contributed by atoms with Gasteiger partial charge in [-0.1, -0.05) is 18.2 Å². The lowest BCUT2D eigenvalue weighted by molar-refractivity contribution is 0.0374. The fourth-order valence-electron chi connectivity index (χ4n) is 3.64. The van der Waals surface area contributed by atoms with Crippen molar-refractivity contribution in [1.29, 1.82) is 0 Å². The Bertz CT molecular complexity index is 943. The number of hydrogen-bond acceptors (Lipinski definition) is 5. The molecule has 0 saturated carbocycles. The van der Waals surface area contributed by atoms with Crippen LogP contribution in [0.25, 0.3) is 21.6 Å². The highest BCUT2D eigenvalue weighted by Gasteiger charge is 2.16. The molecular weight excluding hydrogens is 372 g/mol. The highest BCUT2D eigenvalue weighted by Crippen LogP contribution is 2.30. The Morgan fingerprint density at radius 1 is 1.29 bits per heavy atom. The van der Waals surface area contributed by atoms with Crippen LogP contribution in [0.1, 0.15) is 23.8 Å². The topological polar surface area (TPSA) is 59.4 Å². The van der Waals surface area contributed by atoms with Gasteiger partial charge in [-0.15, -0.1) is 11.3 Å². The van der Waals surface area contributed by atoms with Crippen molar-refractivity contribution in [1.82, 2.24) is 19.8 Å². The van der Waals surface area contributed by atoms with Gasteiger partial charge in [0.1, 0.15) is 10.7 Å². The molecule has 1 aliphatic rings. The monoisotopic (exact) mass is 398 g/mol. The van der Waals surface area contributed by atoms with Crippen LogP contribution in [0.2, 0.25) is 0 Å². The number of hydrogen-bond donors (Lipinski definition) is 1. The molecule has 1 N–H and O–H groups in total. The highest BCUT2D eigenvalue weighted by molar-refractivity contribution is 7.13. The minimum atomic E-state index is -0.0939. The number of rotatable bonds is 7. The van der Waals surface area contributed by atoms with Crippen LogP contribution in [0.15, 0.2) is 35.7 Å². The van der Waals surface area contributed by atoms with Gasteiger partial charge in [0.2, 0.25) is 0 Å². The van der Waals surface area contributed by atoms with Crippen molar-refractivity contribution in [3.63, 3.8) is 0 Å². The zero-order valence-electron chi connectivity index (χ0n) is 16.2. The van der Waals surface area contributed by atoms with E-state index in [4.69, 9.17) is 4.74 Å². The van der Waals surface area contributed by atoms with Gasteiger partial charge < -0.3 is 14.6 Å². The van der Waals surface area contributed by atoms with E-state index in [0.29, 0.717) is 12.2 Å². The van der Waals surface area contributed by atoms with E-state index in [9.17, 15) is 4.79 Å². The first kappa shape index (κ1) is 19.1. The zero-order chi connectivity index (χ0) is 19.3. The first-order chi connectivity index (χ1) is 13.8. The van der Waals surface area contributed by atoms with E-state index in [1.54, 1.807) is 0 Å². The van der Waals surface area contributed by atoms with Crippen LogP contribution < -0.4 is 5.32 Å². The molecule has 2 aromatic heterocycles. The van der Waals surface area contributed by atoms with E-state index in [0.717, 1.165) is 56.5 Å². The Morgan fingerprint density at radius 2 is 2.11 bits per heavy atom. The minimum Gasteiger partial charge on any atom is -0.379 e. The number of ether oxygens (including phenoxy) is 1. The molecule has 3 heterocycles. The van der Waals surface area contributed by atoms with Crippen molar-refractivity contribution in [2.75, 3.05) is 39.4 Å². The number of para-hydroxylation sites is 1. The molecular formula is C21H26N4O2S. The van der Waals surface area contributed by atoms with Crippen molar-refractivity contribution in [2.24, 2.45) is 0 Å². The summed E-state index contributed by atoms with van der Waals surface area (Å²) >= 11 is 1.52. The molecule has 3 aromatic rings. The first-order valence-corrected chi connectivity index (χ1v) is 10.8. The summed E-state index contributed by atoms with van der Waals surface area (Å²) in [7, 11) is 0. The molecule has 6 nitrogen and oxygen atoms in total. The van der Waals surface area contributed by atoms with Gasteiger partial charge >= 0.3 is 0 Å². The quantitative estimate of drug-likeness (QED) is 0.621. The second-order valence-corrected chi connectivity index (χ2v) is 7.79. The predicted molar refractivity (Wildman–Crippen MR) is 113 cm³/mol. The second-order valence-electron chi connectivity index (χ2n) is 6.93. The highest BCUT2D eigenvalue weighted by atomic mass is 32.1. The Balaban J connectivity index is 1.38. The van der Waals surface area contributed by atoms with Gasteiger partial charge in [0.25, 0.3) is 5.91 Å². The molecule has 0 bridgehead atoms. The van der Waals surface area contributed by atoms with Crippen LogP contribution in [0, 0.1) is 0 Å². The smallest absolute Gasteiger partial charge is 0.270 e. The van der Waals surface area contributed by atoms with Crippen molar-refractivity contribution >= 4 is 28.1 Å². The number of aromatic nitrogens is 2. The number of fused-ring (bicyclic) bond motifs is 1. The number of amides is 1. The molecule has 28 heavy (non-hydrogen) atoms. The second kappa shape index (κ2) is 8.86. The average Bonchev–Trinajstić information content (AvgIpc) is 3.36. The molecule has 1 amide bonds. The lowest BCUT2D eigenvalue weighted by atomic mass is 10.2. The third-order valence-electron chi connectivity index (χ3n) is 5.12. The molecule has 1 aromatic carbocycles. The maximum Gasteiger partial charge on any atom is 0.270 e. The zero-order valence-corrected chi connectivity index (χ0v) is 17.0. The van der Waals surface area contributed by atoms with Crippen molar-refractivity contribution < 1.29 is 9.53 Å². The van der Waals surface area contributed by atoms with E-state index in [1.807, 2.05) is 11.4 Å². The molecule has 0 radical (unpaired) electrons. The van der Waals surface area contributed by atoms with Gasteiger partial charge in [0.05, 0.1) is 18.9 Å². The van der Waals surface area contributed by atoms with Crippen molar-refractivity contribution in [2.45, 2.75) is 19.9 Å². The molecule has 0 unspecified atom stereocenters. The van der Waals surface area contributed by atoms with Gasteiger partial charge in [-0.05, 0) is 32.0 Å². The molecule has 1 aliphatic heterocycles. The summed E-state index contributed by atoms with van der Waals surface area (Å²) in [6, 6.07) is 10.5. The number of thiazole rings is 1. The van der Waals surface area contributed by atoms with Crippen LogP contribution in [0.3, 0.4) is 0 Å². The largest absolute Gasteiger partial charge is 0.379 e. The van der Waals surface area contributed by atoms with Crippen LogP contribution in [0.5, 0.6) is 0 Å². The van der Waals surface area contributed by atoms with Crippen molar-refractivity contribution in [3.05, 3.63) is 41.4 Å². The van der Waals surface area contributed by atoms with Crippen LogP contribution in [-0.4, -0.2) is 59.8 Å². The van der Waals surface area contributed by atoms with E-state index in [2.05, 4.69) is 51.0 Å². The average molecular weight is 399 g/mol. The third kappa shape index (κ3) is 4.11. The van der Waals surface area contributed by atoms with E-state index in [1.165, 1.54) is 22.2 Å². The molecule has 7 heteroatoms. The lowest BCUT2D eigenvalue weighted by Gasteiger charge is -2.26. The summed E-state index contributed by atoms with van der Waals surface area (Å²) in [5.74, 6) is -0.0939. The van der Waals surface area contributed by atoms with Gasteiger partial charge in [0, 0.05) is 42.5 Å². The Hall–Kier alpha value is -2.22. The predicted octanol–water partition coefficient (Wildman–Crippen LogP) is 3.24. The van der Waals surface area contributed by atoms with Crippen LogP contribution >= 0.6 is 11.3 Å². The van der Waals surface area contributed by atoms with Crippen molar-refractivity contribution in [3.8, 4) is 10.7 Å². The number of carbonyl (C=O) groups excluding carboxylic acids is 1. The summed E-state index contributed by atoms with van der Waals surface area (Å²) in [5.41, 5.74) is 2.77. The molecule has 1 saturated heterocycles. The fourth-order valence-corrected chi connectivity index (χ4v) is 4.47. The molecule has 0 aliphatic carbocycles. The summed E-state index contributed by atoms with van der Waals surface area (Å²) in [6.07, 6.45) is 0.937. The number of nitrogens with one attached hydrogen (secondary N) is 1. The molecule has 4 rings (SSSR count). The van der Waals surface area contributed by atoms with Gasteiger partial charge in [0.15, 0.2) is 0 Å². The Labute approximate surface area is 169 Å². The summed E-state index contributed by atoms with van der Waals surface area (Å²) in [6.45, 7) is 8.23. The SMILES string of the molecule is CCn1c(-c2nc(C(=O)NCCCN3CCOCC3)cs2)cc2ccccc21. The summed E-state index contributed by atoms with van der Waals surface area (Å²) in [5, 5.41) is 6.93. The number of aryl methyl sites for hydroxylation is 1. The number of carbonyl (C=O) groups is 1. The Morgan fingerprint density at radius 3 is 2.93 bits per heavy atom. The Kier molecular flexibility index (Phi) is 6.04. The normalized spacial score (nSPS) is 15.2. The minimum absolute atomic E-state index is 0.0939. The summed E-state index contributed by atoms with van der Waals surface area (Å²) < 4.78 is 7.60. The maximum absolute atomic E-state index is 12.5. The van der Waals surface area contributed by atoms with Gasteiger partial charge in [-0.25, -0.2) is 4.98 Å². The summed E-state index contributed by atoms with van der Waals surface area (Å²) in [4.78, 5) is 19.4. The van der Waals surface area contributed by atoms with Crippen LogP contribution in [0.4, 0.5) is 0 Å².